The molecule has 0 aliphatic heterocycles. The first-order valence-electron chi connectivity index (χ1n) is 11.8. The molecule has 0 spiro atoms. The van der Waals surface area contributed by atoms with Crippen LogP contribution in [0, 0.1) is 5.92 Å². The molecule has 268 valence electrons. The van der Waals surface area contributed by atoms with Gasteiger partial charge >= 0.3 is 37.7 Å². The molecule has 9 unspecified atom stereocenters. The lowest BCUT2D eigenvalue weighted by Crippen LogP contribution is -2.44. The number of carbonyl (C=O) groups is 5. The van der Waals surface area contributed by atoms with Gasteiger partial charge in [-0.2, -0.15) is 0 Å². The van der Waals surface area contributed by atoms with Gasteiger partial charge in [-0.25, -0.2) is 24.0 Å². The average molecular weight is 743 g/mol. The fraction of sp³-hybridized carbons (Fsp3) is 0.450. The molecule has 24 nitrogen and oxygen atoms in total. The average Bonchev–Trinajstić information content (AvgIpc) is 2.86. The quantitative estimate of drug-likeness (QED) is 0.0444. The van der Waals surface area contributed by atoms with Gasteiger partial charge in [-0.05, 0) is 31.1 Å². The van der Waals surface area contributed by atoms with Crippen LogP contribution in [-0.4, -0.2) is 106 Å². The summed E-state index contributed by atoms with van der Waals surface area (Å²) in [6.07, 6.45) is -5.90. The second-order valence-electron chi connectivity index (χ2n) is 8.98. The highest BCUT2D eigenvalue weighted by Gasteiger charge is 2.38. The third-order valence-electron chi connectivity index (χ3n) is 5.30. The fourth-order valence-electron chi connectivity index (χ4n) is 3.37. The van der Waals surface area contributed by atoms with E-state index in [1.807, 2.05) is 0 Å². The van der Waals surface area contributed by atoms with E-state index in [9.17, 15) is 62.6 Å². The van der Waals surface area contributed by atoms with Crippen LogP contribution in [0.5, 0.6) is 0 Å². The predicted octanol–water partition coefficient (Wildman–Crippen LogP) is -4.09. The number of ether oxygens (including phenoxy) is 1. The maximum Gasteiger partial charge on any atom is 0.423 e. The van der Waals surface area contributed by atoms with E-state index in [1.165, 1.54) is 0 Å². The summed E-state index contributed by atoms with van der Waals surface area (Å²) < 4.78 is 47.0. The molecule has 0 saturated carbocycles. The minimum absolute atomic E-state index is 0.0451. The van der Waals surface area contributed by atoms with Crippen molar-refractivity contribution in [3.63, 3.8) is 0 Å². The molecular weight excluding hydrogens is 717 g/mol. The van der Waals surface area contributed by atoms with Gasteiger partial charge in [-0.3, -0.25) is 13.7 Å². The Morgan fingerprint density at radius 3 is 1.47 bits per heavy atom. The summed E-state index contributed by atoms with van der Waals surface area (Å²) in [6, 6.07) is 0. The van der Waals surface area contributed by atoms with Crippen molar-refractivity contribution in [1.29, 1.82) is 0 Å². The second-order valence-corrected chi connectivity index (χ2v) is 12.4. The van der Waals surface area contributed by atoms with E-state index in [1.54, 1.807) is 6.92 Å². The van der Waals surface area contributed by atoms with Crippen LogP contribution in [-0.2, 0) is 56.0 Å². The SMILES string of the molecule is C=C(OC1CC(C(=O)O)=CC(OP(=O)([O-])O)C1O)C(=O)O.CC1CC(C(=O)O)=CC(OP(=O)([O-])O)C1O.O=C(O)C(=O)OP(=O)([O-])O. The largest absolute Gasteiger partial charge is 0.756 e. The molecule has 0 radical (unpaired) electrons. The molecular formula is C20H26O24P3-3. The van der Waals surface area contributed by atoms with Crippen molar-refractivity contribution in [1.82, 2.24) is 0 Å². The Hall–Kier alpha value is -3.34. The zero-order chi connectivity index (χ0) is 37.2. The van der Waals surface area contributed by atoms with E-state index in [2.05, 4.69) is 20.2 Å². The number of carboxylic acid groups (broad SMARTS) is 4. The first kappa shape index (κ1) is 43.7. The van der Waals surface area contributed by atoms with Crippen molar-refractivity contribution >= 4 is 53.3 Å². The van der Waals surface area contributed by atoms with Crippen LogP contribution in [0.1, 0.15) is 19.8 Å². The number of phosphoric acid groups is 3. The van der Waals surface area contributed by atoms with E-state index in [4.69, 9.17) is 39.8 Å². The van der Waals surface area contributed by atoms with Gasteiger partial charge in [0, 0.05) is 17.6 Å². The lowest BCUT2D eigenvalue weighted by molar-refractivity contribution is -0.228. The summed E-state index contributed by atoms with van der Waals surface area (Å²) in [6.45, 7) is 4.61. The van der Waals surface area contributed by atoms with Gasteiger partial charge in [-0.15, -0.1) is 0 Å². The van der Waals surface area contributed by atoms with Crippen molar-refractivity contribution in [3.05, 3.63) is 35.6 Å². The zero-order valence-electron chi connectivity index (χ0n) is 23.2. The molecule has 0 aromatic rings. The van der Waals surface area contributed by atoms with E-state index < -0.39 is 102 Å². The number of aliphatic hydroxyl groups excluding tert-OH is 2. The Kier molecular flexibility index (Phi) is 16.5. The van der Waals surface area contributed by atoms with Gasteiger partial charge in [-0.1, -0.05) is 6.92 Å². The number of carboxylic acids is 4. The van der Waals surface area contributed by atoms with E-state index in [0.29, 0.717) is 0 Å². The fourth-order valence-corrected chi connectivity index (χ4v) is 4.64. The van der Waals surface area contributed by atoms with Crippen molar-refractivity contribution in [2.75, 3.05) is 0 Å². The number of hydrogen-bond acceptors (Lipinski definition) is 17. The summed E-state index contributed by atoms with van der Waals surface area (Å²) in [5, 5.41) is 53.4. The first-order valence-corrected chi connectivity index (χ1v) is 16.3. The Labute approximate surface area is 261 Å². The van der Waals surface area contributed by atoms with Crippen LogP contribution in [0.4, 0.5) is 0 Å². The number of rotatable bonds is 10. The van der Waals surface area contributed by atoms with E-state index in [0.717, 1.165) is 12.2 Å². The van der Waals surface area contributed by atoms with E-state index in [-0.39, 0.29) is 17.6 Å². The van der Waals surface area contributed by atoms with Crippen molar-refractivity contribution in [2.45, 2.75) is 50.3 Å². The summed E-state index contributed by atoms with van der Waals surface area (Å²) in [5.74, 6) is -9.55. The Morgan fingerprint density at radius 2 is 1.15 bits per heavy atom. The Bertz CT molecular complexity index is 1410. The van der Waals surface area contributed by atoms with E-state index >= 15 is 0 Å². The Balaban J connectivity index is 0.000000721. The van der Waals surface area contributed by atoms with Crippen molar-refractivity contribution in [3.8, 4) is 0 Å². The molecule has 0 aromatic heterocycles. The molecule has 0 aromatic carbocycles. The standard InChI is InChI=1S/C10H13O10P.C8H13O7P.C2H3O7P/c1-4(9(12)13)19-6-2-5(10(14)15)3-7(8(6)11)20-21(16,17)18;1-4-2-5(8(10)11)3-6(7(4)9)15-16(12,13)14;3-1(4)2(5)9-10(6,7)8/h3,6-8,11H,1-2H2,(H,12,13)(H,14,15)(H2,16,17,18);3-4,6-7,9H,2H2,1H3,(H,10,11)(H2,12,13,14);(H,3,4)(H2,6,7,8)/p-3. The Morgan fingerprint density at radius 1 is 0.745 bits per heavy atom. The lowest BCUT2D eigenvalue weighted by atomic mass is 9.86. The highest BCUT2D eigenvalue weighted by atomic mass is 31.2. The number of phosphoric ester groups is 3. The molecule has 2 aliphatic rings. The molecule has 2 aliphatic carbocycles. The van der Waals surface area contributed by atoms with Crippen molar-refractivity contribution in [2.24, 2.45) is 5.92 Å². The molecule has 27 heteroatoms. The maximum absolute atomic E-state index is 10.9. The van der Waals surface area contributed by atoms with Crippen LogP contribution in [0.15, 0.2) is 35.6 Å². The lowest BCUT2D eigenvalue weighted by Gasteiger charge is -2.34. The third kappa shape index (κ3) is 17.4. The summed E-state index contributed by atoms with van der Waals surface area (Å²) in [5.41, 5.74) is -0.418. The number of aliphatic hydroxyl groups is 2. The predicted molar refractivity (Wildman–Crippen MR) is 136 cm³/mol. The molecule has 47 heavy (non-hydrogen) atoms. The van der Waals surface area contributed by atoms with Gasteiger partial charge in [0.2, 0.25) is 0 Å². The van der Waals surface area contributed by atoms with Crippen LogP contribution >= 0.6 is 23.5 Å². The van der Waals surface area contributed by atoms with Gasteiger partial charge in [0.1, 0.15) is 24.4 Å². The molecule has 0 fully saturated rings. The summed E-state index contributed by atoms with van der Waals surface area (Å²) >= 11 is 0. The number of hydrogen-bond donors (Lipinski definition) is 9. The molecule has 0 amide bonds. The van der Waals surface area contributed by atoms with Crippen LogP contribution in [0.2, 0.25) is 0 Å². The number of aliphatic carboxylic acids is 4. The summed E-state index contributed by atoms with van der Waals surface area (Å²) in [7, 11) is -15.5. The highest BCUT2D eigenvalue weighted by molar-refractivity contribution is 7.45. The first-order chi connectivity index (χ1) is 21.0. The molecule has 9 atom stereocenters. The third-order valence-corrected chi connectivity index (χ3v) is 6.71. The normalized spacial score (nSPS) is 27.4. The van der Waals surface area contributed by atoms with Crippen molar-refractivity contribution < 1.29 is 116 Å². The zero-order valence-corrected chi connectivity index (χ0v) is 25.9. The monoisotopic (exact) mass is 743 g/mol. The van der Waals surface area contributed by atoms with Crippen LogP contribution < -0.4 is 14.7 Å². The number of carbonyl (C=O) groups excluding carboxylic acids is 1. The van der Waals surface area contributed by atoms with Gasteiger partial charge in [0.05, 0.1) is 6.10 Å². The van der Waals surface area contributed by atoms with Gasteiger partial charge in [0.25, 0.3) is 15.6 Å². The smallest absolute Gasteiger partial charge is 0.423 e. The molecule has 0 bridgehead atoms. The van der Waals surface area contributed by atoms with Crippen LogP contribution in [0.3, 0.4) is 0 Å². The topological polar surface area (TPSA) is 425 Å². The van der Waals surface area contributed by atoms with Gasteiger partial charge in [0.15, 0.2) is 5.76 Å². The summed E-state index contributed by atoms with van der Waals surface area (Å²) in [4.78, 5) is 107. The molecule has 2 rings (SSSR count). The maximum atomic E-state index is 10.9. The van der Waals surface area contributed by atoms with Crippen LogP contribution in [0.25, 0.3) is 0 Å². The second kappa shape index (κ2) is 17.7. The minimum Gasteiger partial charge on any atom is -0.756 e. The molecule has 0 heterocycles. The molecule has 9 N–H and O–H groups in total. The van der Waals surface area contributed by atoms with Gasteiger partial charge < -0.3 is 78.3 Å². The minimum atomic E-state index is -5.26. The molecule has 0 saturated heterocycles. The highest BCUT2D eigenvalue weighted by Crippen LogP contribution is 2.39.